The number of thiazole rings is 1. The van der Waals surface area contributed by atoms with E-state index in [1.807, 2.05) is 19.1 Å². The number of rotatable bonds is 6. The van der Waals surface area contributed by atoms with Crippen molar-refractivity contribution < 1.29 is 4.39 Å². The van der Waals surface area contributed by atoms with Crippen molar-refractivity contribution in [3.8, 4) is 6.07 Å². The summed E-state index contributed by atoms with van der Waals surface area (Å²) in [5.41, 5.74) is 1.03. The topological polar surface area (TPSA) is 52.0 Å². The molecule has 0 spiro atoms. The highest BCUT2D eigenvalue weighted by Gasteiger charge is 2.32. The molecule has 0 bridgehead atoms. The van der Waals surface area contributed by atoms with Gasteiger partial charge in [-0.2, -0.15) is 5.26 Å². The number of aryl methyl sites for hydroxylation is 1. The van der Waals surface area contributed by atoms with Crippen molar-refractivity contribution in [2.45, 2.75) is 38.6 Å². The Hall–Kier alpha value is -1.33. The Labute approximate surface area is 143 Å². The monoisotopic (exact) mass is 350 g/mol. The molecule has 2 aromatic rings. The number of thiophene rings is 1. The van der Waals surface area contributed by atoms with Crippen LogP contribution >= 0.6 is 22.7 Å². The van der Waals surface area contributed by atoms with Gasteiger partial charge < -0.3 is 5.32 Å². The second-order valence-corrected chi connectivity index (χ2v) is 8.01. The van der Waals surface area contributed by atoms with E-state index in [0.29, 0.717) is 19.5 Å². The third-order valence-corrected chi connectivity index (χ3v) is 5.77. The van der Waals surface area contributed by atoms with E-state index in [-0.39, 0.29) is 6.04 Å². The maximum Gasteiger partial charge on any atom is 0.114 e. The van der Waals surface area contributed by atoms with Crippen LogP contribution in [0.2, 0.25) is 0 Å². The molecule has 4 nitrogen and oxygen atoms in total. The smallest absolute Gasteiger partial charge is 0.114 e. The Morgan fingerprint density at radius 1 is 1.52 bits per heavy atom. The summed E-state index contributed by atoms with van der Waals surface area (Å²) in [6.45, 7) is 4.67. The third-order valence-electron chi connectivity index (χ3n) is 3.96. The first-order valence-corrected chi connectivity index (χ1v) is 9.32. The molecule has 3 rings (SSSR count). The van der Waals surface area contributed by atoms with Gasteiger partial charge in [0.2, 0.25) is 0 Å². The Kier molecular flexibility index (Phi) is 5.38. The maximum atomic E-state index is 13.8. The van der Waals surface area contributed by atoms with E-state index in [0.717, 1.165) is 33.5 Å². The summed E-state index contributed by atoms with van der Waals surface area (Å²) in [7, 11) is 0. The van der Waals surface area contributed by atoms with Crippen LogP contribution in [0.3, 0.4) is 0 Å². The van der Waals surface area contributed by atoms with E-state index < -0.39 is 6.17 Å². The van der Waals surface area contributed by atoms with Gasteiger partial charge >= 0.3 is 0 Å². The first-order valence-electron chi connectivity index (χ1n) is 7.62. The molecule has 2 aromatic heterocycles. The number of nitrogens with one attached hydrogen (secondary N) is 1. The van der Waals surface area contributed by atoms with Crippen LogP contribution in [0, 0.1) is 18.3 Å². The van der Waals surface area contributed by atoms with Crippen LogP contribution in [-0.2, 0) is 13.1 Å². The van der Waals surface area contributed by atoms with E-state index in [1.165, 1.54) is 11.3 Å². The minimum Gasteiger partial charge on any atom is -0.310 e. The highest BCUT2D eigenvalue weighted by Crippen LogP contribution is 2.23. The van der Waals surface area contributed by atoms with Gasteiger partial charge in [0.15, 0.2) is 0 Å². The van der Waals surface area contributed by atoms with Crippen LogP contribution in [0.15, 0.2) is 17.5 Å². The quantitative estimate of drug-likeness (QED) is 0.870. The minimum absolute atomic E-state index is 0.197. The largest absolute Gasteiger partial charge is 0.310 e. The first kappa shape index (κ1) is 16.5. The van der Waals surface area contributed by atoms with Crippen LogP contribution in [-0.4, -0.2) is 35.2 Å². The zero-order valence-electron chi connectivity index (χ0n) is 13.0. The summed E-state index contributed by atoms with van der Waals surface area (Å²) in [5.74, 6) is 0. The average Bonchev–Trinajstić information content (AvgIpc) is 3.21. The molecule has 1 N–H and O–H groups in total. The molecule has 0 aliphatic carbocycles. The van der Waals surface area contributed by atoms with E-state index in [4.69, 9.17) is 5.26 Å². The summed E-state index contributed by atoms with van der Waals surface area (Å²) in [6, 6.07) is 6.15. The fraction of sp³-hybridized carbons (Fsp3) is 0.500. The number of hydrogen-bond donors (Lipinski definition) is 1. The molecule has 1 saturated heterocycles. The predicted molar refractivity (Wildman–Crippen MR) is 91.3 cm³/mol. The van der Waals surface area contributed by atoms with E-state index in [1.54, 1.807) is 11.3 Å². The Morgan fingerprint density at radius 2 is 2.39 bits per heavy atom. The molecule has 0 aromatic carbocycles. The number of alkyl halides is 1. The molecular formula is C16H19FN4S2. The van der Waals surface area contributed by atoms with Crippen LogP contribution in [0.4, 0.5) is 4.39 Å². The molecule has 1 aliphatic rings. The van der Waals surface area contributed by atoms with Crippen molar-refractivity contribution in [1.29, 1.82) is 5.26 Å². The van der Waals surface area contributed by atoms with E-state index in [9.17, 15) is 4.39 Å². The summed E-state index contributed by atoms with van der Waals surface area (Å²) >= 11 is 3.14. The van der Waals surface area contributed by atoms with Gasteiger partial charge in [0.1, 0.15) is 17.1 Å². The zero-order valence-corrected chi connectivity index (χ0v) is 14.6. The van der Waals surface area contributed by atoms with Gasteiger partial charge in [0.25, 0.3) is 0 Å². The SMILES string of the molecule is Cc1nc(CN2C[C@@H](F)C[C@H]2CNCc2ccc(C#N)s2)cs1. The van der Waals surface area contributed by atoms with Gasteiger partial charge in [0, 0.05) is 42.5 Å². The van der Waals surface area contributed by atoms with Gasteiger partial charge in [-0.05, 0) is 25.5 Å². The molecule has 0 amide bonds. The molecule has 0 radical (unpaired) electrons. The van der Waals surface area contributed by atoms with Crippen molar-refractivity contribution in [2.24, 2.45) is 0 Å². The van der Waals surface area contributed by atoms with Crippen LogP contribution < -0.4 is 5.32 Å². The van der Waals surface area contributed by atoms with Crippen molar-refractivity contribution in [2.75, 3.05) is 13.1 Å². The Morgan fingerprint density at radius 3 is 3.09 bits per heavy atom. The number of halogens is 1. The zero-order chi connectivity index (χ0) is 16.2. The number of likely N-dealkylation sites (tertiary alicyclic amines) is 1. The molecule has 2 atom stereocenters. The fourth-order valence-electron chi connectivity index (χ4n) is 2.91. The lowest BCUT2D eigenvalue weighted by molar-refractivity contribution is 0.228. The molecule has 122 valence electrons. The lowest BCUT2D eigenvalue weighted by atomic mass is 10.2. The van der Waals surface area contributed by atoms with Gasteiger partial charge in [-0.25, -0.2) is 9.37 Å². The second-order valence-electron chi connectivity index (χ2n) is 5.78. The molecule has 0 unspecified atom stereocenters. The Bertz CT molecular complexity index is 690. The molecule has 0 saturated carbocycles. The maximum absolute atomic E-state index is 13.8. The lowest BCUT2D eigenvalue weighted by Crippen LogP contribution is -2.37. The standard InChI is InChI=1S/C16H19FN4S2/c1-11-20-13(10-22-11)9-21-8-12(17)4-14(21)6-19-7-16-3-2-15(5-18)23-16/h2-3,10,12,14,19H,4,6-9H2,1H3/t12-,14-/m0/s1. The Balaban J connectivity index is 1.51. The number of aromatic nitrogens is 1. The molecule has 1 aliphatic heterocycles. The predicted octanol–water partition coefficient (Wildman–Crippen LogP) is 3.09. The van der Waals surface area contributed by atoms with Crippen molar-refractivity contribution >= 4 is 22.7 Å². The molecular weight excluding hydrogens is 331 g/mol. The highest BCUT2D eigenvalue weighted by molar-refractivity contribution is 7.12. The lowest BCUT2D eigenvalue weighted by Gasteiger charge is -2.23. The number of hydrogen-bond acceptors (Lipinski definition) is 6. The normalized spacial score (nSPS) is 21.6. The van der Waals surface area contributed by atoms with Gasteiger partial charge in [-0.1, -0.05) is 0 Å². The summed E-state index contributed by atoms with van der Waals surface area (Å²) in [6.07, 6.45) is -0.183. The van der Waals surface area contributed by atoms with Gasteiger partial charge in [-0.15, -0.1) is 22.7 Å². The van der Waals surface area contributed by atoms with Gasteiger partial charge in [-0.3, -0.25) is 4.90 Å². The van der Waals surface area contributed by atoms with E-state index in [2.05, 4.69) is 26.6 Å². The van der Waals surface area contributed by atoms with Crippen LogP contribution in [0.5, 0.6) is 0 Å². The van der Waals surface area contributed by atoms with Crippen molar-refractivity contribution in [3.63, 3.8) is 0 Å². The summed E-state index contributed by atoms with van der Waals surface area (Å²) in [5, 5.41) is 15.3. The highest BCUT2D eigenvalue weighted by atomic mass is 32.1. The van der Waals surface area contributed by atoms with Crippen molar-refractivity contribution in [3.05, 3.63) is 38.0 Å². The summed E-state index contributed by atoms with van der Waals surface area (Å²) < 4.78 is 13.8. The number of nitrogens with zero attached hydrogens (tertiary/aromatic N) is 3. The van der Waals surface area contributed by atoms with Crippen molar-refractivity contribution in [1.82, 2.24) is 15.2 Å². The summed E-state index contributed by atoms with van der Waals surface area (Å²) in [4.78, 5) is 8.53. The minimum atomic E-state index is -0.756. The molecule has 7 heteroatoms. The second kappa shape index (κ2) is 7.49. The molecule has 23 heavy (non-hydrogen) atoms. The number of nitriles is 1. The third kappa shape index (κ3) is 4.36. The first-order chi connectivity index (χ1) is 11.1. The molecule has 3 heterocycles. The van der Waals surface area contributed by atoms with Crippen LogP contribution in [0.25, 0.3) is 0 Å². The van der Waals surface area contributed by atoms with E-state index >= 15 is 0 Å². The molecule has 1 fully saturated rings. The van der Waals surface area contributed by atoms with Crippen LogP contribution in [0.1, 0.15) is 26.9 Å². The fourth-order valence-corrected chi connectivity index (χ4v) is 4.29. The van der Waals surface area contributed by atoms with Gasteiger partial charge in [0.05, 0.1) is 10.7 Å². The average molecular weight is 350 g/mol.